The van der Waals surface area contributed by atoms with Gasteiger partial charge >= 0.3 is 11.9 Å². The molecule has 0 rings (SSSR count). The van der Waals surface area contributed by atoms with Gasteiger partial charge in [0.1, 0.15) is 6.61 Å². The van der Waals surface area contributed by atoms with E-state index in [4.69, 9.17) is 4.74 Å². The number of amides is 1. The average molecular weight is 285 g/mol. The van der Waals surface area contributed by atoms with Crippen molar-refractivity contribution >= 4 is 23.6 Å². The van der Waals surface area contributed by atoms with Gasteiger partial charge in [-0.1, -0.05) is 0 Å². The molecule has 0 aliphatic carbocycles. The molecule has 0 saturated heterocycles. The Hall–Kier alpha value is -2.18. The summed E-state index contributed by atoms with van der Waals surface area (Å²) in [5.41, 5.74) is -1.14. The summed E-state index contributed by atoms with van der Waals surface area (Å²) in [6, 6.07) is 0. The summed E-state index contributed by atoms with van der Waals surface area (Å²) in [5.74, 6) is -2.82. The molecule has 0 aromatic heterocycles. The van der Waals surface area contributed by atoms with Crippen LogP contribution in [0.15, 0.2) is 12.2 Å². The number of hydrogen-bond donors (Lipinski definition) is 0. The Labute approximate surface area is 117 Å². The molecule has 0 N–H and O–H groups in total. The molecule has 7 nitrogen and oxygen atoms in total. The van der Waals surface area contributed by atoms with Crippen molar-refractivity contribution in [3.05, 3.63) is 12.2 Å². The van der Waals surface area contributed by atoms with Crippen molar-refractivity contribution in [2.24, 2.45) is 5.41 Å². The fraction of sp³-hybridized carbons (Fsp3) is 0.538. The van der Waals surface area contributed by atoms with E-state index >= 15 is 0 Å². The first-order valence-electron chi connectivity index (χ1n) is 5.80. The topological polar surface area (TPSA) is 90.0 Å². The van der Waals surface area contributed by atoms with E-state index in [2.05, 4.69) is 4.74 Å². The SMILES string of the molecule is COC(=O)/C=C/C(=O)OCC(C)(C)C(=O)C(=O)N(C)C. The second-order valence-corrected chi connectivity index (χ2v) is 4.88. The van der Waals surface area contributed by atoms with E-state index in [0.717, 1.165) is 17.1 Å². The van der Waals surface area contributed by atoms with Crippen LogP contribution in [0.1, 0.15) is 13.8 Å². The van der Waals surface area contributed by atoms with Gasteiger partial charge in [-0.3, -0.25) is 9.59 Å². The molecule has 0 radical (unpaired) electrons. The molecule has 0 bridgehead atoms. The van der Waals surface area contributed by atoms with Crippen LogP contribution < -0.4 is 0 Å². The van der Waals surface area contributed by atoms with Crippen molar-refractivity contribution in [1.29, 1.82) is 0 Å². The van der Waals surface area contributed by atoms with Gasteiger partial charge < -0.3 is 14.4 Å². The molecule has 7 heteroatoms. The van der Waals surface area contributed by atoms with Crippen molar-refractivity contribution in [3.63, 3.8) is 0 Å². The molecule has 0 aliphatic rings. The highest BCUT2D eigenvalue weighted by atomic mass is 16.5. The Morgan fingerprint density at radius 1 is 1.05 bits per heavy atom. The monoisotopic (exact) mass is 285 g/mol. The number of esters is 2. The van der Waals surface area contributed by atoms with E-state index in [9.17, 15) is 19.2 Å². The summed E-state index contributed by atoms with van der Waals surface area (Å²) in [6.45, 7) is 2.72. The molecule has 1 amide bonds. The maximum Gasteiger partial charge on any atom is 0.331 e. The lowest BCUT2D eigenvalue weighted by molar-refractivity contribution is -0.152. The van der Waals surface area contributed by atoms with Gasteiger partial charge in [0.05, 0.1) is 12.5 Å². The maximum atomic E-state index is 11.9. The van der Waals surface area contributed by atoms with Crippen molar-refractivity contribution in [1.82, 2.24) is 4.90 Å². The highest BCUT2D eigenvalue weighted by Gasteiger charge is 2.35. The highest BCUT2D eigenvalue weighted by Crippen LogP contribution is 2.18. The maximum absolute atomic E-state index is 11.9. The molecule has 20 heavy (non-hydrogen) atoms. The first kappa shape index (κ1) is 17.8. The predicted octanol–water partition coefficient (Wildman–Crippen LogP) is -0.0577. The van der Waals surface area contributed by atoms with Crippen LogP contribution in [0.3, 0.4) is 0 Å². The third-order valence-electron chi connectivity index (χ3n) is 2.35. The smallest absolute Gasteiger partial charge is 0.331 e. The van der Waals surface area contributed by atoms with Crippen LogP contribution in [-0.4, -0.2) is 56.3 Å². The van der Waals surface area contributed by atoms with Crippen LogP contribution in [0.2, 0.25) is 0 Å². The lowest BCUT2D eigenvalue weighted by Gasteiger charge is -2.23. The molecule has 0 unspecified atom stereocenters. The normalized spacial score (nSPS) is 11.1. The molecule has 0 aliphatic heterocycles. The second-order valence-electron chi connectivity index (χ2n) is 4.88. The third-order valence-corrected chi connectivity index (χ3v) is 2.35. The molecule has 0 aromatic carbocycles. The zero-order valence-corrected chi connectivity index (χ0v) is 12.3. The summed E-state index contributed by atoms with van der Waals surface area (Å²) in [4.78, 5) is 46.6. The van der Waals surface area contributed by atoms with Gasteiger partial charge in [0, 0.05) is 26.2 Å². The van der Waals surface area contributed by atoms with Crippen molar-refractivity contribution in [3.8, 4) is 0 Å². The minimum Gasteiger partial charge on any atom is -0.466 e. The standard InChI is InChI=1S/C13H19NO6/c1-13(2,11(17)12(18)14(3)4)8-20-10(16)7-6-9(15)19-5/h6-7H,8H2,1-5H3/b7-6+. The quantitative estimate of drug-likeness (QED) is 0.386. The molecule has 112 valence electrons. The number of methoxy groups -OCH3 is 1. The number of ether oxygens (including phenoxy) is 2. The largest absolute Gasteiger partial charge is 0.466 e. The summed E-state index contributed by atoms with van der Waals surface area (Å²) < 4.78 is 9.13. The number of hydrogen-bond acceptors (Lipinski definition) is 6. The Bertz CT molecular complexity index is 436. The minimum absolute atomic E-state index is 0.268. The predicted molar refractivity (Wildman–Crippen MR) is 69.6 cm³/mol. The van der Waals surface area contributed by atoms with E-state index in [0.29, 0.717) is 0 Å². The summed E-state index contributed by atoms with van der Waals surface area (Å²) in [6.07, 6.45) is 1.79. The molecule has 0 fully saturated rings. The first-order valence-corrected chi connectivity index (χ1v) is 5.80. The van der Waals surface area contributed by atoms with Crippen LogP contribution in [0.4, 0.5) is 0 Å². The van der Waals surface area contributed by atoms with E-state index in [1.807, 2.05) is 0 Å². The molecule has 0 spiro atoms. The Morgan fingerprint density at radius 3 is 2.00 bits per heavy atom. The van der Waals surface area contributed by atoms with E-state index < -0.39 is 29.0 Å². The van der Waals surface area contributed by atoms with Crippen molar-refractivity contribution in [2.75, 3.05) is 27.8 Å². The van der Waals surface area contributed by atoms with Crippen LogP contribution in [0, 0.1) is 5.41 Å². The molecular formula is C13H19NO6. The number of Topliss-reactive ketones (excluding diaryl/α,β-unsaturated/α-hetero) is 1. The fourth-order valence-corrected chi connectivity index (χ4v) is 1.06. The Balaban J connectivity index is 4.53. The van der Waals surface area contributed by atoms with Crippen LogP contribution >= 0.6 is 0 Å². The molecule has 0 heterocycles. The molecule has 0 atom stereocenters. The number of nitrogens with zero attached hydrogens (tertiary/aromatic N) is 1. The zero-order chi connectivity index (χ0) is 15.9. The number of carbonyl (C=O) groups is 4. The number of rotatable bonds is 6. The van der Waals surface area contributed by atoms with E-state index in [1.165, 1.54) is 35.1 Å². The van der Waals surface area contributed by atoms with E-state index in [-0.39, 0.29) is 6.61 Å². The second kappa shape index (κ2) is 7.42. The van der Waals surface area contributed by atoms with Gasteiger partial charge in [-0.15, -0.1) is 0 Å². The fourth-order valence-electron chi connectivity index (χ4n) is 1.06. The van der Waals surface area contributed by atoms with Gasteiger partial charge in [0.25, 0.3) is 5.91 Å². The van der Waals surface area contributed by atoms with Crippen LogP contribution in [-0.2, 0) is 28.7 Å². The summed E-state index contributed by atoms with van der Waals surface area (Å²) in [5, 5.41) is 0. The lowest BCUT2D eigenvalue weighted by atomic mass is 9.88. The van der Waals surface area contributed by atoms with Gasteiger partial charge in [0.2, 0.25) is 5.78 Å². The van der Waals surface area contributed by atoms with E-state index in [1.54, 1.807) is 0 Å². The Morgan fingerprint density at radius 2 is 1.55 bits per heavy atom. The first-order chi connectivity index (χ1) is 9.11. The lowest BCUT2D eigenvalue weighted by Crippen LogP contribution is -2.41. The molecule has 0 aromatic rings. The minimum atomic E-state index is -1.14. The van der Waals surface area contributed by atoms with Gasteiger partial charge in [-0.05, 0) is 13.8 Å². The summed E-state index contributed by atoms with van der Waals surface area (Å²) in [7, 11) is 4.09. The molecule has 0 saturated carbocycles. The van der Waals surface area contributed by atoms with Crippen LogP contribution in [0.25, 0.3) is 0 Å². The summed E-state index contributed by atoms with van der Waals surface area (Å²) >= 11 is 0. The van der Waals surface area contributed by atoms with Crippen molar-refractivity contribution in [2.45, 2.75) is 13.8 Å². The van der Waals surface area contributed by atoms with Gasteiger partial charge in [-0.25, -0.2) is 9.59 Å². The van der Waals surface area contributed by atoms with Gasteiger partial charge in [-0.2, -0.15) is 0 Å². The zero-order valence-electron chi connectivity index (χ0n) is 12.3. The average Bonchev–Trinajstić information content (AvgIpc) is 2.40. The van der Waals surface area contributed by atoms with Gasteiger partial charge in [0.15, 0.2) is 0 Å². The van der Waals surface area contributed by atoms with Crippen LogP contribution in [0.5, 0.6) is 0 Å². The highest BCUT2D eigenvalue weighted by molar-refractivity contribution is 6.37. The number of carbonyl (C=O) groups excluding carboxylic acids is 4. The third kappa shape index (κ3) is 5.64. The number of likely N-dealkylation sites (N-methyl/N-ethyl adjacent to an activating group) is 1. The molecular weight excluding hydrogens is 266 g/mol. The van der Waals surface area contributed by atoms with Crippen molar-refractivity contribution < 1.29 is 28.7 Å². The Kier molecular flexibility index (Phi) is 6.61. The number of ketones is 1.